The topological polar surface area (TPSA) is 57.2 Å². The van der Waals surface area contributed by atoms with Crippen LogP contribution in [0.3, 0.4) is 0 Å². The van der Waals surface area contributed by atoms with Gasteiger partial charge in [-0.05, 0) is 42.7 Å². The lowest BCUT2D eigenvalue weighted by atomic mass is 10.1. The van der Waals surface area contributed by atoms with Crippen LogP contribution in [-0.2, 0) is 26.6 Å². The standard InChI is InChI=1S/C24H27Cl2NO5/c1-3-4-5-11-30-19-10-7-16(14-20(19)29-2)15-27-22-18(26)9-8-17(25)21(22)24(23(27)28)31-12-6-13-32-24/h7-10,14H,3-6,11-13,15H2,1-2H3. The Kier molecular flexibility index (Phi) is 7.15. The fourth-order valence-corrected chi connectivity index (χ4v) is 4.64. The van der Waals surface area contributed by atoms with Gasteiger partial charge in [-0.25, -0.2) is 0 Å². The Labute approximate surface area is 198 Å². The van der Waals surface area contributed by atoms with Gasteiger partial charge in [0.25, 0.3) is 11.7 Å². The van der Waals surface area contributed by atoms with Gasteiger partial charge in [0.2, 0.25) is 0 Å². The first kappa shape index (κ1) is 23.2. The minimum Gasteiger partial charge on any atom is -0.493 e. The number of halogens is 2. The Bertz CT molecular complexity index is 991. The van der Waals surface area contributed by atoms with Crippen LogP contribution >= 0.6 is 23.2 Å². The van der Waals surface area contributed by atoms with Crippen LogP contribution in [0, 0.1) is 0 Å². The molecule has 2 aromatic carbocycles. The molecule has 1 amide bonds. The van der Waals surface area contributed by atoms with Gasteiger partial charge in [-0.1, -0.05) is 49.0 Å². The molecule has 0 aromatic heterocycles. The summed E-state index contributed by atoms with van der Waals surface area (Å²) in [6.45, 7) is 3.85. The molecule has 1 fully saturated rings. The van der Waals surface area contributed by atoms with E-state index >= 15 is 0 Å². The summed E-state index contributed by atoms with van der Waals surface area (Å²) in [5.41, 5.74) is 1.84. The summed E-state index contributed by atoms with van der Waals surface area (Å²) in [6.07, 6.45) is 3.94. The second kappa shape index (κ2) is 9.87. The molecule has 0 radical (unpaired) electrons. The van der Waals surface area contributed by atoms with E-state index in [9.17, 15) is 4.79 Å². The van der Waals surface area contributed by atoms with E-state index in [-0.39, 0.29) is 12.5 Å². The first-order valence-electron chi connectivity index (χ1n) is 10.9. The maximum atomic E-state index is 13.6. The Morgan fingerprint density at radius 3 is 2.53 bits per heavy atom. The van der Waals surface area contributed by atoms with Gasteiger partial charge in [0.05, 0.1) is 54.8 Å². The zero-order chi connectivity index (χ0) is 22.7. The molecule has 1 saturated heterocycles. The van der Waals surface area contributed by atoms with Crippen molar-refractivity contribution < 1.29 is 23.7 Å². The second-order valence-electron chi connectivity index (χ2n) is 7.85. The molecule has 2 heterocycles. The van der Waals surface area contributed by atoms with Crippen LogP contribution in [0.2, 0.25) is 10.0 Å². The molecule has 0 aliphatic carbocycles. The van der Waals surface area contributed by atoms with Gasteiger partial charge in [-0.15, -0.1) is 0 Å². The number of hydrogen-bond acceptors (Lipinski definition) is 5. The lowest BCUT2D eigenvalue weighted by Gasteiger charge is -2.32. The number of fused-ring (bicyclic) bond motifs is 2. The number of carbonyl (C=O) groups excluding carboxylic acids is 1. The van der Waals surface area contributed by atoms with Crippen molar-refractivity contribution in [3.63, 3.8) is 0 Å². The molecule has 2 aliphatic heterocycles. The largest absolute Gasteiger partial charge is 0.493 e. The predicted molar refractivity (Wildman–Crippen MR) is 124 cm³/mol. The molecule has 2 aromatic rings. The van der Waals surface area contributed by atoms with Crippen molar-refractivity contribution in [2.24, 2.45) is 0 Å². The molecule has 1 spiro atoms. The molecule has 0 unspecified atom stereocenters. The van der Waals surface area contributed by atoms with Crippen LogP contribution < -0.4 is 14.4 Å². The SMILES string of the molecule is CCCCCOc1ccc(CN2C(=O)C3(OCCCO3)c3c(Cl)ccc(Cl)c32)cc1OC. The van der Waals surface area contributed by atoms with Crippen LogP contribution in [0.5, 0.6) is 11.5 Å². The molecular formula is C24H27Cl2NO5. The maximum Gasteiger partial charge on any atom is 0.292 e. The number of unbranched alkanes of at least 4 members (excludes halogenated alkanes) is 2. The van der Waals surface area contributed by atoms with E-state index in [1.165, 1.54) is 0 Å². The monoisotopic (exact) mass is 479 g/mol. The molecule has 0 N–H and O–H groups in total. The number of benzene rings is 2. The summed E-state index contributed by atoms with van der Waals surface area (Å²) in [6, 6.07) is 8.99. The quantitative estimate of drug-likeness (QED) is 0.454. The van der Waals surface area contributed by atoms with Crippen molar-refractivity contribution in [3.8, 4) is 11.5 Å². The third kappa shape index (κ3) is 4.17. The molecule has 8 heteroatoms. The van der Waals surface area contributed by atoms with E-state index in [0.717, 1.165) is 24.8 Å². The van der Waals surface area contributed by atoms with Crippen LogP contribution in [0.25, 0.3) is 0 Å². The number of nitrogens with zero attached hydrogens (tertiary/aromatic N) is 1. The molecule has 2 aliphatic rings. The molecule has 0 saturated carbocycles. The minimum absolute atomic E-state index is 0.257. The summed E-state index contributed by atoms with van der Waals surface area (Å²) >= 11 is 13.0. The van der Waals surface area contributed by atoms with Crippen molar-refractivity contribution >= 4 is 34.8 Å². The van der Waals surface area contributed by atoms with Crippen molar-refractivity contribution in [2.75, 3.05) is 31.8 Å². The van der Waals surface area contributed by atoms with Gasteiger partial charge < -0.3 is 23.8 Å². The summed E-state index contributed by atoms with van der Waals surface area (Å²) in [5.74, 6) is -0.594. The highest BCUT2D eigenvalue weighted by molar-refractivity contribution is 6.38. The van der Waals surface area contributed by atoms with Crippen molar-refractivity contribution in [2.45, 2.75) is 44.9 Å². The van der Waals surface area contributed by atoms with Crippen molar-refractivity contribution in [3.05, 3.63) is 51.5 Å². The van der Waals surface area contributed by atoms with Gasteiger partial charge in [-0.3, -0.25) is 4.79 Å². The average molecular weight is 480 g/mol. The summed E-state index contributed by atoms with van der Waals surface area (Å²) in [5, 5.41) is 0.797. The first-order chi connectivity index (χ1) is 15.5. The predicted octanol–water partition coefficient (Wildman–Crippen LogP) is 5.71. The molecule has 32 heavy (non-hydrogen) atoms. The number of hydrogen-bond donors (Lipinski definition) is 0. The molecule has 4 rings (SSSR count). The number of rotatable bonds is 8. The van der Waals surface area contributed by atoms with Gasteiger partial charge in [-0.2, -0.15) is 0 Å². The number of methoxy groups -OCH3 is 1. The van der Waals surface area contributed by atoms with Crippen LogP contribution in [0.15, 0.2) is 30.3 Å². The van der Waals surface area contributed by atoms with E-state index in [1.807, 2.05) is 18.2 Å². The van der Waals surface area contributed by atoms with Crippen molar-refractivity contribution in [1.82, 2.24) is 0 Å². The highest BCUT2D eigenvalue weighted by atomic mass is 35.5. The third-order valence-electron chi connectivity index (χ3n) is 5.68. The zero-order valence-electron chi connectivity index (χ0n) is 18.3. The van der Waals surface area contributed by atoms with Gasteiger partial charge in [0.15, 0.2) is 11.5 Å². The fraction of sp³-hybridized carbons (Fsp3) is 0.458. The lowest BCUT2D eigenvalue weighted by Crippen LogP contribution is -2.47. The Hall–Kier alpha value is -1.99. The van der Waals surface area contributed by atoms with Crippen LogP contribution in [-0.4, -0.2) is 32.8 Å². The first-order valence-corrected chi connectivity index (χ1v) is 11.7. The summed E-state index contributed by atoms with van der Waals surface area (Å²) < 4.78 is 23.2. The number of amides is 1. The van der Waals surface area contributed by atoms with Gasteiger partial charge in [0.1, 0.15) is 0 Å². The maximum absolute atomic E-state index is 13.6. The van der Waals surface area contributed by atoms with E-state index < -0.39 is 5.79 Å². The minimum atomic E-state index is -1.55. The second-order valence-corrected chi connectivity index (χ2v) is 8.67. The van der Waals surface area contributed by atoms with Gasteiger partial charge in [0, 0.05) is 0 Å². The smallest absolute Gasteiger partial charge is 0.292 e. The number of anilines is 1. The number of carbonyl (C=O) groups is 1. The average Bonchev–Trinajstić information content (AvgIpc) is 3.04. The van der Waals surface area contributed by atoms with E-state index in [0.29, 0.717) is 59.0 Å². The summed E-state index contributed by atoms with van der Waals surface area (Å²) in [7, 11) is 1.60. The van der Waals surface area contributed by atoms with Crippen LogP contribution in [0.1, 0.15) is 43.7 Å². The fourth-order valence-electron chi connectivity index (χ4n) is 4.10. The van der Waals surface area contributed by atoms with Gasteiger partial charge >= 0.3 is 0 Å². The van der Waals surface area contributed by atoms with Crippen LogP contribution in [0.4, 0.5) is 5.69 Å². The molecule has 0 bridgehead atoms. The zero-order valence-corrected chi connectivity index (χ0v) is 19.8. The third-order valence-corrected chi connectivity index (χ3v) is 6.30. The number of ether oxygens (including phenoxy) is 4. The molecule has 6 nitrogen and oxygen atoms in total. The normalized spacial score (nSPS) is 17.0. The Balaban J connectivity index is 1.64. The van der Waals surface area contributed by atoms with E-state index in [2.05, 4.69) is 6.92 Å². The Morgan fingerprint density at radius 1 is 1.06 bits per heavy atom. The molecule has 172 valence electrons. The highest BCUT2D eigenvalue weighted by Gasteiger charge is 2.56. The molecular weight excluding hydrogens is 453 g/mol. The lowest BCUT2D eigenvalue weighted by molar-refractivity contribution is -0.256. The van der Waals surface area contributed by atoms with E-state index in [1.54, 1.807) is 24.1 Å². The summed E-state index contributed by atoms with van der Waals surface area (Å²) in [4.78, 5) is 15.1. The van der Waals surface area contributed by atoms with Crippen molar-refractivity contribution in [1.29, 1.82) is 0 Å². The van der Waals surface area contributed by atoms with E-state index in [4.69, 9.17) is 42.1 Å². The highest BCUT2D eigenvalue weighted by Crippen LogP contribution is 2.51. The Morgan fingerprint density at radius 2 is 1.81 bits per heavy atom. The molecule has 0 atom stereocenters.